The molecule has 4 saturated carbocycles. The number of ether oxygens (including phenoxy) is 1. The Kier molecular flexibility index (Phi) is 4.98. The molecule has 0 radical (unpaired) electrons. The Morgan fingerprint density at radius 1 is 0.839 bits per heavy atom. The monoisotopic (exact) mass is 421 g/mol. The lowest BCUT2D eigenvalue weighted by Gasteiger charge is -2.46. The molecule has 5 aliphatic rings. The fourth-order valence-electron chi connectivity index (χ4n) is 9.27. The van der Waals surface area contributed by atoms with Crippen LogP contribution in [-0.4, -0.2) is 30.1 Å². The van der Waals surface area contributed by atoms with Crippen LogP contribution in [0.5, 0.6) is 5.75 Å². The molecule has 0 bridgehead atoms. The van der Waals surface area contributed by atoms with Gasteiger partial charge in [0.1, 0.15) is 11.9 Å². The van der Waals surface area contributed by atoms with Crippen molar-refractivity contribution in [1.82, 2.24) is 4.90 Å². The van der Waals surface area contributed by atoms with Gasteiger partial charge in [0.15, 0.2) is 0 Å². The van der Waals surface area contributed by atoms with Crippen molar-refractivity contribution in [3.63, 3.8) is 0 Å². The summed E-state index contributed by atoms with van der Waals surface area (Å²) in [5.74, 6) is 6.70. The standard InChI is InChI=1S/C29H43NO/c1-18-9-12-21-22-13-10-20(17-26(22)29(2,3)25(21)15-18)30(4)19-11-14-28-24(16-19)23-7-5-6-8-27(23)31-28/h5-8,18-22,24-26,28H,9-17H2,1-4H3. The van der Waals surface area contributed by atoms with Crippen LogP contribution < -0.4 is 4.74 Å². The Morgan fingerprint density at radius 2 is 1.52 bits per heavy atom. The third-order valence-electron chi connectivity index (χ3n) is 11.0. The average molecular weight is 422 g/mol. The van der Waals surface area contributed by atoms with Crippen LogP contribution in [0.2, 0.25) is 0 Å². The molecule has 4 aliphatic carbocycles. The maximum absolute atomic E-state index is 6.31. The summed E-state index contributed by atoms with van der Waals surface area (Å²) in [5.41, 5.74) is 2.02. The quantitative estimate of drug-likeness (QED) is 0.515. The Morgan fingerprint density at radius 3 is 2.35 bits per heavy atom. The second-order valence-electron chi connectivity index (χ2n) is 12.7. The highest BCUT2D eigenvalue weighted by Crippen LogP contribution is 2.64. The molecule has 2 nitrogen and oxygen atoms in total. The van der Waals surface area contributed by atoms with Crippen LogP contribution in [0.3, 0.4) is 0 Å². The topological polar surface area (TPSA) is 12.5 Å². The summed E-state index contributed by atoms with van der Waals surface area (Å²) in [6.07, 6.45) is 13.1. The highest BCUT2D eigenvalue weighted by molar-refractivity contribution is 5.41. The van der Waals surface area contributed by atoms with Crippen LogP contribution >= 0.6 is 0 Å². The number of hydrogen-bond acceptors (Lipinski definition) is 2. The minimum Gasteiger partial charge on any atom is -0.489 e. The van der Waals surface area contributed by atoms with E-state index in [9.17, 15) is 0 Å². The molecule has 9 atom stereocenters. The zero-order chi connectivity index (χ0) is 21.3. The van der Waals surface area contributed by atoms with E-state index in [2.05, 4.69) is 57.0 Å². The van der Waals surface area contributed by atoms with Crippen LogP contribution in [-0.2, 0) is 0 Å². The molecule has 0 aromatic heterocycles. The molecule has 2 heteroatoms. The third-order valence-corrected chi connectivity index (χ3v) is 11.0. The highest BCUT2D eigenvalue weighted by Gasteiger charge is 2.57. The van der Waals surface area contributed by atoms with Gasteiger partial charge in [0.2, 0.25) is 0 Å². The maximum atomic E-state index is 6.31. The van der Waals surface area contributed by atoms with Gasteiger partial charge in [-0.2, -0.15) is 0 Å². The lowest BCUT2D eigenvalue weighted by molar-refractivity contribution is 0.0281. The van der Waals surface area contributed by atoms with E-state index < -0.39 is 0 Å². The summed E-state index contributed by atoms with van der Waals surface area (Å²) < 4.78 is 6.31. The van der Waals surface area contributed by atoms with Crippen molar-refractivity contribution in [3.8, 4) is 5.75 Å². The molecule has 1 aromatic carbocycles. The number of fused-ring (bicyclic) bond motifs is 6. The average Bonchev–Trinajstić information content (AvgIpc) is 3.25. The molecule has 9 unspecified atom stereocenters. The van der Waals surface area contributed by atoms with E-state index in [0.717, 1.165) is 47.4 Å². The van der Waals surface area contributed by atoms with Gasteiger partial charge in [-0.1, -0.05) is 45.4 Å². The van der Waals surface area contributed by atoms with Crippen molar-refractivity contribution in [3.05, 3.63) is 29.8 Å². The van der Waals surface area contributed by atoms with E-state index in [4.69, 9.17) is 4.74 Å². The zero-order valence-electron chi connectivity index (χ0n) is 20.2. The molecule has 0 saturated heterocycles. The first-order valence-corrected chi connectivity index (χ1v) is 13.4. The van der Waals surface area contributed by atoms with E-state index >= 15 is 0 Å². The van der Waals surface area contributed by atoms with Gasteiger partial charge < -0.3 is 9.64 Å². The Balaban J connectivity index is 1.16. The van der Waals surface area contributed by atoms with E-state index in [1.165, 1.54) is 63.4 Å². The van der Waals surface area contributed by atoms with Crippen LogP contribution in [0.25, 0.3) is 0 Å². The van der Waals surface area contributed by atoms with Gasteiger partial charge >= 0.3 is 0 Å². The summed E-state index contributed by atoms with van der Waals surface area (Å²) in [6, 6.07) is 10.3. The van der Waals surface area contributed by atoms with E-state index in [1.807, 2.05) is 0 Å². The molecule has 0 N–H and O–H groups in total. The van der Waals surface area contributed by atoms with Crippen LogP contribution in [0.4, 0.5) is 0 Å². The third kappa shape index (κ3) is 3.22. The molecular formula is C29H43NO. The summed E-state index contributed by atoms with van der Waals surface area (Å²) in [7, 11) is 2.47. The Hall–Kier alpha value is -1.02. The molecule has 6 rings (SSSR count). The molecule has 0 amide bonds. The molecule has 31 heavy (non-hydrogen) atoms. The van der Waals surface area contributed by atoms with Crippen molar-refractivity contribution < 1.29 is 4.74 Å². The van der Waals surface area contributed by atoms with Crippen molar-refractivity contribution in [2.75, 3.05) is 7.05 Å². The lowest BCUT2D eigenvalue weighted by atomic mass is 9.66. The lowest BCUT2D eigenvalue weighted by Crippen LogP contribution is -2.48. The van der Waals surface area contributed by atoms with Gasteiger partial charge in [0.25, 0.3) is 0 Å². The van der Waals surface area contributed by atoms with Crippen molar-refractivity contribution in [2.45, 2.75) is 103 Å². The number of hydrogen-bond donors (Lipinski definition) is 0. The van der Waals surface area contributed by atoms with Crippen molar-refractivity contribution in [1.29, 1.82) is 0 Å². The smallest absolute Gasteiger partial charge is 0.123 e. The molecule has 1 aliphatic heterocycles. The van der Waals surface area contributed by atoms with E-state index in [-0.39, 0.29) is 0 Å². The second kappa shape index (κ2) is 7.51. The Bertz CT molecular complexity index is 817. The first kappa shape index (κ1) is 20.6. The summed E-state index contributed by atoms with van der Waals surface area (Å²) >= 11 is 0. The fourth-order valence-corrected chi connectivity index (χ4v) is 9.27. The second-order valence-corrected chi connectivity index (χ2v) is 12.7. The van der Waals surface area contributed by atoms with Gasteiger partial charge in [-0.15, -0.1) is 0 Å². The maximum Gasteiger partial charge on any atom is 0.123 e. The number of nitrogens with zero attached hydrogens (tertiary/aromatic N) is 1. The summed E-state index contributed by atoms with van der Waals surface area (Å²) in [4.78, 5) is 2.84. The first-order valence-electron chi connectivity index (χ1n) is 13.4. The number of benzene rings is 1. The van der Waals surface area contributed by atoms with Crippen LogP contribution in [0.1, 0.15) is 90.0 Å². The summed E-state index contributed by atoms with van der Waals surface area (Å²) in [5, 5.41) is 0. The van der Waals surface area contributed by atoms with Crippen molar-refractivity contribution >= 4 is 0 Å². The van der Waals surface area contributed by atoms with Gasteiger partial charge in [0.05, 0.1) is 0 Å². The zero-order valence-corrected chi connectivity index (χ0v) is 20.2. The van der Waals surface area contributed by atoms with Gasteiger partial charge in [-0.25, -0.2) is 0 Å². The fraction of sp³-hybridized carbons (Fsp3) is 0.793. The van der Waals surface area contributed by atoms with Crippen LogP contribution in [0, 0.1) is 35.0 Å². The van der Waals surface area contributed by atoms with Gasteiger partial charge in [-0.05, 0) is 99.5 Å². The van der Waals surface area contributed by atoms with E-state index in [0.29, 0.717) is 17.4 Å². The molecular weight excluding hydrogens is 378 g/mol. The van der Waals surface area contributed by atoms with Crippen LogP contribution in [0.15, 0.2) is 24.3 Å². The highest BCUT2D eigenvalue weighted by atomic mass is 16.5. The number of rotatable bonds is 2. The summed E-state index contributed by atoms with van der Waals surface area (Å²) in [6.45, 7) is 7.80. The van der Waals surface area contributed by atoms with E-state index in [1.54, 1.807) is 0 Å². The largest absolute Gasteiger partial charge is 0.489 e. The number of para-hydroxylation sites is 1. The van der Waals surface area contributed by atoms with Crippen molar-refractivity contribution in [2.24, 2.45) is 35.0 Å². The van der Waals surface area contributed by atoms with Gasteiger partial charge in [0, 0.05) is 23.6 Å². The predicted molar refractivity (Wildman–Crippen MR) is 127 cm³/mol. The normalized spacial score (nSPS) is 45.4. The predicted octanol–water partition coefficient (Wildman–Crippen LogP) is 6.89. The SMILES string of the molecule is CC1CCC2C3CCC(N(C)C4CCC5Oc6ccccc6C5C4)CC3C(C)(C)C2C1. The molecule has 1 aromatic rings. The molecule has 170 valence electrons. The minimum absolute atomic E-state index is 0.427. The van der Waals surface area contributed by atoms with Gasteiger partial charge in [-0.3, -0.25) is 0 Å². The molecule has 0 spiro atoms. The minimum atomic E-state index is 0.427. The molecule has 1 heterocycles. The molecule has 4 fully saturated rings. The first-order chi connectivity index (χ1) is 14.9. The Labute approximate surface area is 190 Å².